The Bertz CT molecular complexity index is 392. The minimum absolute atomic E-state index is 0.279. The molecule has 2 nitrogen and oxygen atoms in total. The lowest BCUT2D eigenvalue weighted by Crippen LogP contribution is -2.46. The van der Waals surface area contributed by atoms with Gasteiger partial charge in [0.25, 0.3) is 0 Å². The summed E-state index contributed by atoms with van der Waals surface area (Å²) >= 11 is 0. The number of benzene rings is 1. The van der Waals surface area contributed by atoms with Gasteiger partial charge in [-0.25, -0.2) is 0 Å². The second-order valence-corrected chi connectivity index (χ2v) is 7.62. The van der Waals surface area contributed by atoms with Crippen LogP contribution in [-0.2, 0) is 6.54 Å². The smallest absolute Gasteiger partial charge is 0.104 e. The number of hydrogen-bond donors (Lipinski definition) is 1. The highest BCUT2D eigenvalue weighted by atomic mass is 16.3. The minimum Gasteiger partial charge on any atom is -0.391 e. The quantitative estimate of drug-likeness (QED) is 0.329. The maximum atomic E-state index is 9.43. The Kier molecular flexibility index (Phi) is 11.9. The molecule has 0 radical (unpaired) electrons. The summed E-state index contributed by atoms with van der Waals surface area (Å²) in [4.78, 5) is 0. The van der Waals surface area contributed by atoms with Crippen LogP contribution in [0.3, 0.4) is 0 Å². The first kappa shape index (κ1) is 21.2. The lowest BCUT2D eigenvalue weighted by atomic mass is 10.1. The molecule has 0 saturated carbocycles. The van der Waals surface area contributed by atoms with Crippen LogP contribution >= 0.6 is 0 Å². The monoisotopic (exact) mass is 334 g/mol. The first-order valence-corrected chi connectivity index (χ1v) is 10.2. The van der Waals surface area contributed by atoms with Crippen molar-refractivity contribution in [3.63, 3.8) is 0 Å². The second kappa shape index (κ2) is 13.4. The van der Waals surface area contributed by atoms with Gasteiger partial charge in [0.05, 0.1) is 20.2 Å². The summed E-state index contributed by atoms with van der Waals surface area (Å²) in [5, 5.41) is 9.43. The van der Waals surface area contributed by atoms with Gasteiger partial charge in [-0.05, 0) is 12.8 Å². The lowest BCUT2D eigenvalue weighted by molar-refractivity contribution is -0.923. The van der Waals surface area contributed by atoms with E-state index in [1.54, 1.807) is 0 Å². The molecule has 1 rings (SSSR count). The molecule has 0 spiro atoms. The normalized spacial score (nSPS) is 13.8. The predicted molar refractivity (Wildman–Crippen MR) is 105 cm³/mol. The molecule has 0 saturated heterocycles. The zero-order chi connectivity index (χ0) is 17.5. The zero-order valence-electron chi connectivity index (χ0n) is 16.2. The molecular weight excluding hydrogens is 294 g/mol. The molecule has 1 aromatic carbocycles. The van der Waals surface area contributed by atoms with Gasteiger partial charge in [-0.1, -0.05) is 88.6 Å². The van der Waals surface area contributed by atoms with Crippen molar-refractivity contribution in [2.24, 2.45) is 0 Å². The van der Waals surface area contributed by atoms with Crippen molar-refractivity contribution in [3.8, 4) is 0 Å². The van der Waals surface area contributed by atoms with Crippen LogP contribution in [0.15, 0.2) is 30.3 Å². The second-order valence-electron chi connectivity index (χ2n) is 7.62. The van der Waals surface area contributed by atoms with Crippen molar-refractivity contribution in [1.82, 2.24) is 0 Å². The molecule has 2 heteroatoms. The molecule has 0 amide bonds. The van der Waals surface area contributed by atoms with Crippen molar-refractivity contribution >= 4 is 0 Å². The number of unbranched alkanes of at least 4 members (excludes halogenated alkanes) is 9. The van der Waals surface area contributed by atoms with Crippen molar-refractivity contribution in [2.45, 2.75) is 77.7 Å². The predicted octanol–water partition coefficient (Wildman–Crippen LogP) is 5.55. The van der Waals surface area contributed by atoms with E-state index >= 15 is 0 Å². The molecule has 138 valence electrons. The van der Waals surface area contributed by atoms with Gasteiger partial charge in [-0.2, -0.15) is 0 Å². The van der Waals surface area contributed by atoms with E-state index in [0.29, 0.717) is 0 Å². The number of aliphatic hydroxyl groups excluding tert-OH is 1. The number of quaternary nitrogens is 1. The average Bonchev–Trinajstić information content (AvgIpc) is 2.57. The van der Waals surface area contributed by atoms with Gasteiger partial charge in [0.15, 0.2) is 0 Å². The van der Waals surface area contributed by atoms with Crippen LogP contribution < -0.4 is 0 Å². The topological polar surface area (TPSA) is 20.2 Å². The Morgan fingerprint density at radius 3 is 1.83 bits per heavy atom. The van der Waals surface area contributed by atoms with E-state index in [0.717, 1.165) is 17.6 Å². The first-order valence-electron chi connectivity index (χ1n) is 10.2. The maximum Gasteiger partial charge on any atom is 0.104 e. The van der Waals surface area contributed by atoms with Crippen molar-refractivity contribution < 1.29 is 9.59 Å². The fourth-order valence-corrected chi connectivity index (χ4v) is 3.52. The molecule has 0 aromatic heterocycles. The van der Waals surface area contributed by atoms with Gasteiger partial charge in [-0.3, -0.25) is 0 Å². The largest absolute Gasteiger partial charge is 0.391 e. The van der Waals surface area contributed by atoms with Crippen LogP contribution in [0.1, 0.15) is 76.7 Å². The highest BCUT2D eigenvalue weighted by molar-refractivity contribution is 5.13. The molecule has 0 aliphatic heterocycles. The van der Waals surface area contributed by atoms with Gasteiger partial charge >= 0.3 is 0 Å². The van der Waals surface area contributed by atoms with E-state index in [9.17, 15) is 5.11 Å². The van der Waals surface area contributed by atoms with Gasteiger partial charge < -0.3 is 9.59 Å². The molecule has 0 bridgehead atoms. The zero-order valence-corrected chi connectivity index (χ0v) is 16.2. The molecule has 1 unspecified atom stereocenters. The molecule has 1 atom stereocenters. The Balaban J connectivity index is 2.15. The van der Waals surface area contributed by atoms with Crippen LogP contribution in [0, 0.1) is 0 Å². The molecular formula is C22H40NO+. The van der Waals surface area contributed by atoms with Crippen molar-refractivity contribution in [2.75, 3.05) is 26.7 Å². The van der Waals surface area contributed by atoms with Gasteiger partial charge in [0, 0.05) is 5.56 Å². The minimum atomic E-state index is 0.279. The van der Waals surface area contributed by atoms with Gasteiger partial charge in [-0.15, -0.1) is 0 Å². The molecule has 24 heavy (non-hydrogen) atoms. The Hall–Kier alpha value is -0.860. The third kappa shape index (κ3) is 10.1. The summed E-state index contributed by atoms with van der Waals surface area (Å²) in [5.74, 6) is 0. The summed E-state index contributed by atoms with van der Waals surface area (Å²) in [6.45, 7) is 5.61. The molecule has 0 fully saturated rings. The van der Waals surface area contributed by atoms with Crippen LogP contribution in [0.5, 0.6) is 0 Å². The molecule has 0 heterocycles. The van der Waals surface area contributed by atoms with E-state index in [4.69, 9.17) is 0 Å². The summed E-state index contributed by atoms with van der Waals surface area (Å²) < 4.78 is 0.956. The summed E-state index contributed by atoms with van der Waals surface area (Å²) in [7, 11) is 2.29. The molecule has 0 aliphatic carbocycles. The van der Waals surface area contributed by atoms with Crippen LogP contribution in [-0.4, -0.2) is 36.3 Å². The first-order chi connectivity index (χ1) is 11.7. The van der Waals surface area contributed by atoms with E-state index in [1.807, 2.05) is 0 Å². The van der Waals surface area contributed by atoms with Crippen molar-refractivity contribution in [1.29, 1.82) is 0 Å². The van der Waals surface area contributed by atoms with Crippen LogP contribution in [0.4, 0.5) is 0 Å². The SMILES string of the molecule is CCCCCCCCCCCC[N+](C)(CCO)Cc1ccccc1. The molecule has 0 aliphatic rings. The number of rotatable bonds is 15. The average molecular weight is 335 g/mol. The third-order valence-corrected chi connectivity index (χ3v) is 5.10. The standard InChI is InChI=1S/C22H40NO/c1-3-4-5-6-7-8-9-10-11-15-18-23(2,19-20-24)21-22-16-13-12-14-17-22/h12-14,16-17,24H,3-11,15,18-21H2,1-2H3/q+1. The fourth-order valence-electron chi connectivity index (χ4n) is 3.52. The molecule has 1 aromatic rings. The van der Waals surface area contributed by atoms with E-state index in [2.05, 4.69) is 44.3 Å². The lowest BCUT2D eigenvalue weighted by Gasteiger charge is -2.34. The molecule has 1 N–H and O–H groups in total. The Morgan fingerprint density at radius 1 is 0.750 bits per heavy atom. The fraction of sp³-hybridized carbons (Fsp3) is 0.727. The number of aliphatic hydroxyl groups is 1. The summed E-state index contributed by atoms with van der Waals surface area (Å²) in [6, 6.07) is 10.7. The highest BCUT2D eigenvalue weighted by Crippen LogP contribution is 2.15. The van der Waals surface area contributed by atoms with E-state index in [1.165, 1.54) is 76.3 Å². The summed E-state index contributed by atoms with van der Waals surface area (Å²) in [6.07, 6.45) is 13.8. The van der Waals surface area contributed by atoms with Crippen LogP contribution in [0.2, 0.25) is 0 Å². The Labute approximate surface area is 150 Å². The number of nitrogens with zero attached hydrogens (tertiary/aromatic N) is 1. The van der Waals surface area contributed by atoms with Crippen LogP contribution in [0.25, 0.3) is 0 Å². The third-order valence-electron chi connectivity index (χ3n) is 5.10. The van der Waals surface area contributed by atoms with Gasteiger partial charge in [0.1, 0.15) is 13.1 Å². The number of hydrogen-bond acceptors (Lipinski definition) is 1. The highest BCUT2D eigenvalue weighted by Gasteiger charge is 2.20. The van der Waals surface area contributed by atoms with E-state index < -0.39 is 0 Å². The summed E-state index contributed by atoms with van der Waals surface area (Å²) in [5.41, 5.74) is 1.38. The van der Waals surface area contributed by atoms with Crippen molar-refractivity contribution in [3.05, 3.63) is 35.9 Å². The van der Waals surface area contributed by atoms with Gasteiger partial charge in [0.2, 0.25) is 0 Å². The number of likely N-dealkylation sites (N-methyl/N-ethyl adjacent to an activating group) is 1. The maximum absolute atomic E-state index is 9.43. The van der Waals surface area contributed by atoms with E-state index in [-0.39, 0.29) is 6.61 Å². The Morgan fingerprint density at radius 2 is 1.29 bits per heavy atom.